The maximum absolute atomic E-state index is 13.5. The van der Waals surface area contributed by atoms with Crippen LogP contribution in [-0.2, 0) is 0 Å². The van der Waals surface area contributed by atoms with Crippen LogP contribution in [0.2, 0.25) is 0 Å². The Morgan fingerprint density at radius 3 is 2.48 bits per heavy atom. The van der Waals surface area contributed by atoms with Gasteiger partial charge < -0.3 is 4.74 Å². The number of nitrogens with zero attached hydrogens (tertiary/aromatic N) is 3. The molecule has 33 heavy (non-hydrogen) atoms. The fourth-order valence-corrected chi connectivity index (χ4v) is 4.37. The van der Waals surface area contributed by atoms with Gasteiger partial charge in [-0.1, -0.05) is 28.1 Å². The minimum absolute atomic E-state index is 0.0429. The van der Waals surface area contributed by atoms with Crippen molar-refractivity contribution in [3.05, 3.63) is 104 Å². The standard InChI is InChI=1S/C24H17BrN4O4/c1-33-19-11-5-14(6-12-19)21-20-22(27-26-21)24(30)28(17-9-7-16(25)8-10-17)23(20)15-3-2-4-18(13-15)29(31)32/h2-13,23H,1H3,(H,26,27)/t23-/m1/s1. The second kappa shape index (κ2) is 8.18. The van der Waals surface area contributed by atoms with Gasteiger partial charge in [0.1, 0.15) is 11.4 Å². The quantitative estimate of drug-likeness (QED) is 0.285. The first-order valence-electron chi connectivity index (χ1n) is 10.0. The van der Waals surface area contributed by atoms with E-state index in [1.807, 2.05) is 48.5 Å². The number of non-ortho nitro benzene ring substituents is 1. The molecule has 1 amide bonds. The Labute approximate surface area is 197 Å². The van der Waals surface area contributed by atoms with Gasteiger partial charge in [-0.3, -0.25) is 24.9 Å². The van der Waals surface area contributed by atoms with E-state index in [1.54, 1.807) is 24.1 Å². The van der Waals surface area contributed by atoms with Crippen molar-refractivity contribution >= 4 is 33.2 Å². The third-order valence-corrected chi connectivity index (χ3v) is 6.16. The summed E-state index contributed by atoms with van der Waals surface area (Å²) in [6, 6.07) is 20.5. The molecule has 164 valence electrons. The van der Waals surface area contributed by atoms with E-state index in [2.05, 4.69) is 26.1 Å². The number of carbonyl (C=O) groups excluding carboxylic acids is 1. The number of rotatable bonds is 5. The summed E-state index contributed by atoms with van der Waals surface area (Å²) in [6.07, 6.45) is 0. The third kappa shape index (κ3) is 3.56. The van der Waals surface area contributed by atoms with Crippen LogP contribution in [0.1, 0.15) is 27.7 Å². The van der Waals surface area contributed by atoms with Crippen LogP contribution in [0.25, 0.3) is 11.3 Å². The largest absolute Gasteiger partial charge is 0.497 e. The number of halogens is 1. The van der Waals surface area contributed by atoms with Crippen LogP contribution in [0, 0.1) is 10.1 Å². The molecule has 1 N–H and O–H groups in total. The molecule has 9 heteroatoms. The Hall–Kier alpha value is -3.98. The van der Waals surface area contributed by atoms with Crippen LogP contribution in [0.15, 0.2) is 77.3 Å². The summed E-state index contributed by atoms with van der Waals surface area (Å²) in [6.45, 7) is 0. The number of methoxy groups -OCH3 is 1. The molecule has 0 bridgehead atoms. The molecule has 1 atom stereocenters. The number of hydrogen-bond donors (Lipinski definition) is 1. The average molecular weight is 505 g/mol. The summed E-state index contributed by atoms with van der Waals surface area (Å²) < 4.78 is 6.13. The van der Waals surface area contributed by atoms with Crippen molar-refractivity contribution in [2.24, 2.45) is 0 Å². The van der Waals surface area contributed by atoms with Crippen LogP contribution in [0.3, 0.4) is 0 Å². The Morgan fingerprint density at radius 2 is 1.82 bits per heavy atom. The van der Waals surface area contributed by atoms with Crippen LogP contribution < -0.4 is 9.64 Å². The zero-order chi connectivity index (χ0) is 23.1. The summed E-state index contributed by atoms with van der Waals surface area (Å²) in [5.41, 5.74) is 3.69. The second-order valence-electron chi connectivity index (χ2n) is 7.50. The summed E-state index contributed by atoms with van der Waals surface area (Å²) in [5.74, 6) is 0.449. The molecule has 0 saturated heterocycles. The fraction of sp³-hybridized carbons (Fsp3) is 0.0833. The fourth-order valence-electron chi connectivity index (χ4n) is 4.11. The van der Waals surface area contributed by atoms with E-state index in [-0.39, 0.29) is 11.6 Å². The highest BCUT2D eigenvalue weighted by Crippen LogP contribution is 2.45. The lowest BCUT2D eigenvalue weighted by molar-refractivity contribution is -0.384. The molecule has 1 aliphatic rings. The summed E-state index contributed by atoms with van der Waals surface area (Å²) in [4.78, 5) is 26.2. The Kier molecular flexibility index (Phi) is 5.18. The highest BCUT2D eigenvalue weighted by Gasteiger charge is 2.43. The van der Waals surface area contributed by atoms with Gasteiger partial charge in [-0.05, 0) is 54.1 Å². The molecule has 0 radical (unpaired) electrons. The highest BCUT2D eigenvalue weighted by atomic mass is 79.9. The molecule has 0 fully saturated rings. The van der Waals surface area contributed by atoms with Crippen molar-refractivity contribution < 1.29 is 14.5 Å². The van der Waals surface area contributed by atoms with E-state index in [0.29, 0.717) is 34.0 Å². The Bertz CT molecular complexity index is 1370. The summed E-state index contributed by atoms with van der Waals surface area (Å²) >= 11 is 3.42. The lowest BCUT2D eigenvalue weighted by atomic mass is 9.95. The normalized spacial score (nSPS) is 14.9. The van der Waals surface area contributed by atoms with Crippen LogP contribution in [-0.4, -0.2) is 28.1 Å². The molecular weight excluding hydrogens is 488 g/mol. The van der Waals surface area contributed by atoms with Gasteiger partial charge in [0, 0.05) is 33.4 Å². The number of nitro benzene ring substituents is 1. The second-order valence-corrected chi connectivity index (χ2v) is 8.41. The van der Waals surface area contributed by atoms with E-state index < -0.39 is 11.0 Å². The van der Waals surface area contributed by atoms with Crippen LogP contribution in [0.5, 0.6) is 5.75 Å². The van der Waals surface area contributed by atoms with Crippen molar-refractivity contribution in [3.8, 4) is 17.0 Å². The number of aromatic amines is 1. The zero-order valence-electron chi connectivity index (χ0n) is 17.4. The monoisotopic (exact) mass is 504 g/mol. The number of nitro groups is 1. The molecule has 8 nitrogen and oxygen atoms in total. The van der Waals surface area contributed by atoms with Crippen molar-refractivity contribution in [1.82, 2.24) is 10.2 Å². The lowest BCUT2D eigenvalue weighted by Gasteiger charge is -2.26. The van der Waals surface area contributed by atoms with Crippen molar-refractivity contribution in [3.63, 3.8) is 0 Å². The van der Waals surface area contributed by atoms with E-state index in [9.17, 15) is 14.9 Å². The summed E-state index contributed by atoms with van der Waals surface area (Å²) in [5, 5.41) is 18.8. The minimum atomic E-state index is -0.593. The lowest BCUT2D eigenvalue weighted by Crippen LogP contribution is -2.29. The van der Waals surface area contributed by atoms with Crippen molar-refractivity contribution in [2.75, 3.05) is 12.0 Å². The van der Waals surface area contributed by atoms with Crippen LogP contribution >= 0.6 is 15.9 Å². The molecule has 0 spiro atoms. The average Bonchev–Trinajstić information content (AvgIpc) is 3.39. The molecule has 2 heterocycles. The van der Waals surface area contributed by atoms with Crippen molar-refractivity contribution in [2.45, 2.75) is 6.04 Å². The molecule has 4 aromatic rings. The van der Waals surface area contributed by atoms with E-state index in [4.69, 9.17) is 4.74 Å². The van der Waals surface area contributed by atoms with E-state index in [0.717, 1.165) is 10.0 Å². The highest BCUT2D eigenvalue weighted by molar-refractivity contribution is 9.10. The molecular formula is C24H17BrN4O4. The number of carbonyl (C=O) groups is 1. The SMILES string of the molecule is COc1ccc(-c2n[nH]c3c2[C@@H](c2cccc([N+](=O)[O-])c2)N(c2ccc(Br)cc2)C3=O)cc1. The van der Waals surface area contributed by atoms with Gasteiger partial charge in [0.25, 0.3) is 11.6 Å². The Balaban J connectivity index is 1.71. The molecule has 5 rings (SSSR count). The summed E-state index contributed by atoms with van der Waals surface area (Å²) in [7, 11) is 1.59. The molecule has 0 unspecified atom stereocenters. The predicted molar refractivity (Wildman–Crippen MR) is 126 cm³/mol. The number of H-pyrrole nitrogens is 1. The van der Waals surface area contributed by atoms with Gasteiger partial charge in [0.2, 0.25) is 0 Å². The van der Waals surface area contributed by atoms with Crippen LogP contribution in [0.4, 0.5) is 11.4 Å². The number of ether oxygens (including phenoxy) is 1. The number of nitrogens with one attached hydrogen (secondary N) is 1. The van der Waals surface area contributed by atoms with E-state index >= 15 is 0 Å². The molecule has 3 aromatic carbocycles. The topological polar surface area (TPSA) is 101 Å². The maximum Gasteiger partial charge on any atom is 0.277 e. The first-order chi connectivity index (χ1) is 16.0. The van der Waals surface area contributed by atoms with Gasteiger partial charge in [0.05, 0.1) is 23.8 Å². The smallest absolute Gasteiger partial charge is 0.277 e. The number of aromatic nitrogens is 2. The van der Waals surface area contributed by atoms with Crippen molar-refractivity contribution in [1.29, 1.82) is 0 Å². The number of benzene rings is 3. The van der Waals surface area contributed by atoms with Gasteiger partial charge >= 0.3 is 0 Å². The molecule has 0 aliphatic carbocycles. The predicted octanol–water partition coefficient (Wildman–Crippen LogP) is 5.51. The van der Waals surface area contributed by atoms with Gasteiger partial charge in [-0.15, -0.1) is 0 Å². The third-order valence-electron chi connectivity index (χ3n) is 5.63. The number of anilines is 1. The first-order valence-corrected chi connectivity index (χ1v) is 10.8. The maximum atomic E-state index is 13.5. The molecule has 0 saturated carbocycles. The number of amides is 1. The minimum Gasteiger partial charge on any atom is -0.497 e. The number of fused-ring (bicyclic) bond motifs is 1. The van der Waals surface area contributed by atoms with Gasteiger partial charge in [0.15, 0.2) is 0 Å². The molecule has 1 aromatic heterocycles. The van der Waals surface area contributed by atoms with E-state index in [1.165, 1.54) is 12.1 Å². The number of hydrogen-bond acceptors (Lipinski definition) is 5. The zero-order valence-corrected chi connectivity index (χ0v) is 18.9. The van der Waals surface area contributed by atoms with Gasteiger partial charge in [-0.25, -0.2) is 0 Å². The Morgan fingerprint density at radius 1 is 1.09 bits per heavy atom. The van der Waals surface area contributed by atoms with Gasteiger partial charge in [-0.2, -0.15) is 5.10 Å². The first kappa shape index (κ1) is 20.9. The molecule has 1 aliphatic heterocycles.